The largest absolute Gasteiger partial charge is 1.00 e. The van der Waals surface area contributed by atoms with Gasteiger partial charge in [0.1, 0.15) is 23.0 Å². The van der Waals surface area contributed by atoms with Gasteiger partial charge in [0.05, 0.1) is 36.9 Å². The number of phenols is 2. The van der Waals surface area contributed by atoms with Gasteiger partial charge in [0, 0.05) is 12.1 Å². The minimum absolute atomic E-state index is 0. The predicted octanol–water partition coefficient (Wildman–Crippen LogP) is -0.151. The monoisotopic (exact) mass is 1470 g/mol. The number of nitrogens with two attached hydrogens (primary N) is 2. The molecule has 6 N–H and O–H groups in total. The summed E-state index contributed by atoms with van der Waals surface area (Å²) >= 11 is 14.7. The number of hydrogen-bond donors (Lipinski definition) is 4. The van der Waals surface area contributed by atoms with Gasteiger partial charge < -0.3 is 51.0 Å². The third-order valence-corrected chi connectivity index (χ3v) is 11.7. The van der Waals surface area contributed by atoms with Crippen molar-refractivity contribution in [1.82, 2.24) is 0 Å². The molecule has 0 radical (unpaired) electrons. The fourth-order valence-corrected chi connectivity index (χ4v) is 10.2. The Labute approximate surface area is 422 Å². The van der Waals surface area contributed by atoms with Crippen LogP contribution in [-0.2, 0) is 22.4 Å². The number of benzene rings is 4. The Morgan fingerprint density at radius 3 is 1.29 bits per heavy atom. The molecule has 0 aliphatic heterocycles. The molecule has 0 aliphatic carbocycles. The second-order valence-electron chi connectivity index (χ2n) is 9.59. The van der Waals surface area contributed by atoms with Gasteiger partial charge >= 0.3 is 59.1 Å². The number of ether oxygens (including phenoxy) is 2. The number of aromatic hydroxyl groups is 2. The molecule has 0 unspecified atom stereocenters. The number of hydrogen-bond acceptors (Lipinski definition) is 10. The van der Waals surface area contributed by atoms with Gasteiger partial charge in [0.2, 0.25) is 0 Å². The van der Waals surface area contributed by atoms with Crippen molar-refractivity contribution in [3.05, 3.63) is 90.7 Å². The molecule has 0 aromatic heterocycles. The second-order valence-corrected chi connectivity index (χ2v) is 17.7. The molecular formula is C30H21I7N2Na2O8. The summed E-state index contributed by atoms with van der Waals surface area (Å²) in [5.41, 5.74) is 12.7. The Hall–Kier alpha value is 2.05. The molecule has 0 spiro atoms. The first-order chi connectivity index (χ1) is 22.0. The first-order valence-corrected chi connectivity index (χ1v) is 20.4. The summed E-state index contributed by atoms with van der Waals surface area (Å²) in [6.07, 6.45) is 0.398. The van der Waals surface area contributed by atoms with E-state index in [1.54, 1.807) is 30.3 Å². The minimum Gasteiger partial charge on any atom is -0.548 e. The van der Waals surface area contributed by atoms with Crippen LogP contribution in [0.15, 0.2) is 54.6 Å². The fourth-order valence-electron chi connectivity index (χ4n) is 3.72. The van der Waals surface area contributed by atoms with E-state index in [1.165, 1.54) is 0 Å². The standard InChI is InChI=1S/C15H11I4NO4.C15H12I3NO4.2Na/c16-8-4-7(5-9(17)13(8)21)24-14-10(18)1-6(2-11(14)19)3-12(20)15(22)23;16-9-6-8(1-2-13(9)20)23-14-10(17)3-7(4-11(14)18)5-12(19)15(21)22;;/h1-2,4-5,12,21H,3,20H2,(H,22,23);1-4,6,12,20H,5,19H2,(H,21,22);;/q;;2*+1/p-2/t2*12-;;/m00../s1. The second kappa shape index (κ2) is 23.2. The van der Waals surface area contributed by atoms with Crippen LogP contribution in [-0.4, -0.2) is 34.2 Å². The van der Waals surface area contributed by atoms with Crippen molar-refractivity contribution < 1.29 is 98.6 Å². The fraction of sp³-hybridized carbons (Fsp3) is 0.133. The number of carboxylic acid groups (broad SMARTS) is 2. The molecule has 0 bridgehead atoms. The minimum atomic E-state index is -1.27. The Kier molecular flexibility index (Phi) is 23.2. The van der Waals surface area contributed by atoms with E-state index in [9.17, 15) is 30.0 Å². The molecule has 0 fully saturated rings. The Balaban J connectivity index is 0.000000471. The zero-order valence-electron chi connectivity index (χ0n) is 25.4. The van der Waals surface area contributed by atoms with E-state index < -0.39 is 24.0 Å². The molecule has 2 atom stereocenters. The normalized spacial score (nSPS) is 11.5. The SMILES string of the molecule is N[C@@H](Cc1cc(I)c(Oc2cc(I)c(O)c(I)c2)c(I)c1)C(=O)[O-].N[C@@H](Cc1cc(I)c(Oc2ccc(O)c(I)c2)c(I)c1)C(=O)[O-].[Na+].[Na+]. The molecular weight excluding hydrogens is 1450 g/mol. The zero-order valence-corrected chi connectivity index (χ0v) is 44.5. The molecule has 0 heterocycles. The molecule has 0 aliphatic rings. The van der Waals surface area contributed by atoms with E-state index in [1.807, 2.05) is 92.0 Å². The Morgan fingerprint density at radius 2 is 0.939 bits per heavy atom. The van der Waals surface area contributed by atoms with E-state index in [2.05, 4.69) is 90.4 Å². The number of carbonyl (C=O) groups is 2. The number of carbonyl (C=O) groups excluding carboxylic acids is 2. The van der Waals surface area contributed by atoms with Crippen molar-refractivity contribution in [1.29, 1.82) is 0 Å². The van der Waals surface area contributed by atoms with Crippen LogP contribution in [0.2, 0.25) is 0 Å². The molecule has 10 nitrogen and oxygen atoms in total. The number of phenolic OH excluding ortho intramolecular Hbond substituents is 2. The van der Waals surface area contributed by atoms with E-state index in [4.69, 9.17) is 20.9 Å². The zero-order chi connectivity index (χ0) is 35.2. The van der Waals surface area contributed by atoms with Gasteiger partial charge in [-0.15, -0.1) is 0 Å². The van der Waals surface area contributed by atoms with Crippen LogP contribution >= 0.6 is 158 Å². The topological polar surface area (TPSA) is 191 Å². The third-order valence-electron chi connectivity index (χ3n) is 5.98. The maximum atomic E-state index is 10.8. The van der Waals surface area contributed by atoms with E-state index >= 15 is 0 Å². The molecule has 0 amide bonds. The van der Waals surface area contributed by atoms with E-state index in [0.29, 0.717) is 33.7 Å². The van der Waals surface area contributed by atoms with Gasteiger partial charge in [0.25, 0.3) is 0 Å². The van der Waals surface area contributed by atoms with E-state index in [-0.39, 0.29) is 83.5 Å². The summed E-state index contributed by atoms with van der Waals surface area (Å²) in [5, 5.41) is 40.9. The van der Waals surface area contributed by atoms with Gasteiger partial charge in [-0.3, -0.25) is 0 Å². The molecule has 19 heteroatoms. The molecule has 0 saturated carbocycles. The summed E-state index contributed by atoms with van der Waals surface area (Å²) in [4.78, 5) is 21.5. The van der Waals surface area contributed by atoms with Crippen LogP contribution in [0.5, 0.6) is 34.5 Å². The summed E-state index contributed by atoms with van der Waals surface area (Å²) in [6, 6.07) is 13.8. The van der Waals surface area contributed by atoms with Crippen molar-refractivity contribution in [2.24, 2.45) is 11.5 Å². The van der Waals surface area contributed by atoms with Gasteiger partial charge in [0.15, 0.2) is 11.5 Å². The molecule has 49 heavy (non-hydrogen) atoms. The van der Waals surface area contributed by atoms with Crippen molar-refractivity contribution >= 4 is 170 Å². The molecule has 0 saturated heterocycles. The predicted molar refractivity (Wildman–Crippen MR) is 232 cm³/mol. The molecule has 4 aromatic carbocycles. The van der Waals surface area contributed by atoms with Crippen molar-refractivity contribution in [3.8, 4) is 34.5 Å². The Morgan fingerprint density at radius 1 is 0.592 bits per heavy atom. The van der Waals surface area contributed by atoms with Crippen LogP contribution in [0.4, 0.5) is 0 Å². The molecule has 4 rings (SSSR count). The maximum Gasteiger partial charge on any atom is 1.00 e. The van der Waals surface area contributed by atoms with Crippen LogP contribution in [0.3, 0.4) is 0 Å². The van der Waals surface area contributed by atoms with Crippen LogP contribution in [0, 0.1) is 25.0 Å². The summed E-state index contributed by atoms with van der Waals surface area (Å²) in [7, 11) is 0. The van der Waals surface area contributed by atoms with Crippen molar-refractivity contribution in [2.45, 2.75) is 24.9 Å². The van der Waals surface area contributed by atoms with Crippen LogP contribution in [0.25, 0.3) is 0 Å². The molecule has 250 valence electrons. The summed E-state index contributed by atoms with van der Waals surface area (Å²) in [6.45, 7) is 0. The average molecular weight is 1470 g/mol. The summed E-state index contributed by atoms with van der Waals surface area (Å²) in [5.74, 6) is 0.493. The first kappa shape index (κ1) is 49.1. The maximum absolute atomic E-state index is 10.8. The molecule has 4 aromatic rings. The van der Waals surface area contributed by atoms with Gasteiger partial charge in [-0.25, -0.2) is 0 Å². The smallest absolute Gasteiger partial charge is 0.548 e. The van der Waals surface area contributed by atoms with Crippen molar-refractivity contribution in [2.75, 3.05) is 0 Å². The number of carboxylic acids is 2. The number of halogens is 7. The van der Waals surface area contributed by atoms with Crippen LogP contribution < -0.4 is 90.3 Å². The summed E-state index contributed by atoms with van der Waals surface area (Å²) < 4.78 is 17.3. The number of rotatable bonds is 10. The Bertz CT molecular complexity index is 1750. The van der Waals surface area contributed by atoms with Gasteiger partial charge in [-0.05, 0) is 237 Å². The quantitative estimate of drug-likeness (QED) is 0.123. The van der Waals surface area contributed by atoms with E-state index in [0.717, 1.165) is 25.4 Å². The first-order valence-electron chi connectivity index (χ1n) is 12.9. The number of aliphatic carboxylic acids is 2. The van der Waals surface area contributed by atoms with Crippen LogP contribution in [0.1, 0.15) is 11.1 Å². The third kappa shape index (κ3) is 15.2. The average Bonchev–Trinajstić information content (AvgIpc) is 2.97. The van der Waals surface area contributed by atoms with Crippen molar-refractivity contribution in [3.63, 3.8) is 0 Å². The van der Waals surface area contributed by atoms with Gasteiger partial charge in [-0.1, -0.05) is 0 Å². The van der Waals surface area contributed by atoms with Gasteiger partial charge in [-0.2, -0.15) is 0 Å².